The Balaban J connectivity index is 0.000000282. The number of nitrogens with two attached hydrogens (primary N) is 1. The van der Waals surface area contributed by atoms with Crippen molar-refractivity contribution >= 4 is 17.5 Å². The highest BCUT2D eigenvalue weighted by Crippen LogP contribution is 2.26. The van der Waals surface area contributed by atoms with Crippen LogP contribution >= 0.6 is 0 Å². The molecule has 0 aromatic heterocycles. The fourth-order valence-corrected chi connectivity index (χ4v) is 2.05. The molecule has 3 N–H and O–H groups in total. The molecule has 0 unspecified atom stereocenters. The number of rotatable bonds is 1. The number of carbonyl (C=O) groups is 3. The van der Waals surface area contributed by atoms with Crippen molar-refractivity contribution in [1.82, 2.24) is 0 Å². The first-order valence-electron chi connectivity index (χ1n) is 6.25. The maximum absolute atomic E-state index is 12.1. The number of fused-ring (bicyclic) bond motifs is 2. The number of hydrogen-bond donors (Lipinski definition) is 2. The highest BCUT2D eigenvalue weighted by Gasteiger charge is 2.28. The third-order valence-electron chi connectivity index (χ3n) is 3.01. The lowest BCUT2D eigenvalue weighted by Gasteiger charge is -2.16. The summed E-state index contributed by atoms with van der Waals surface area (Å²) in [5, 5.41) is 7.60. The van der Waals surface area contributed by atoms with Gasteiger partial charge in [0.1, 0.15) is 0 Å². The topological polar surface area (TPSA) is 97.5 Å². The Kier molecular flexibility index (Phi) is 4.25. The standard InChI is InChI=1S/C14H8O2.C2H5NO2/c15-13-9-5-1-2-6-10(9)14(16)12-8-4-3-7-11(12)13;3-1-2(4)5/h1-8H;1,3H2,(H,4,5). The second-order valence-corrected chi connectivity index (χ2v) is 4.35. The highest BCUT2D eigenvalue weighted by atomic mass is 16.4. The third kappa shape index (κ3) is 2.88. The Bertz CT molecular complexity index is 616. The first-order chi connectivity index (χ1) is 10.1. The van der Waals surface area contributed by atoms with Crippen molar-refractivity contribution in [3.63, 3.8) is 0 Å². The zero-order chi connectivity index (χ0) is 15.4. The van der Waals surface area contributed by atoms with E-state index in [1.54, 1.807) is 48.5 Å². The molecule has 3 rings (SSSR count). The lowest BCUT2D eigenvalue weighted by Crippen LogP contribution is -2.20. The quantitative estimate of drug-likeness (QED) is 0.705. The summed E-state index contributed by atoms with van der Waals surface area (Å²) in [4.78, 5) is 33.4. The van der Waals surface area contributed by atoms with Crippen LogP contribution in [0.25, 0.3) is 0 Å². The molecule has 2 aromatic carbocycles. The first-order valence-corrected chi connectivity index (χ1v) is 6.25. The Hall–Kier alpha value is -2.79. The predicted molar refractivity (Wildman–Crippen MR) is 76.4 cm³/mol. The van der Waals surface area contributed by atoms with Crippen LogP contribution in [-0.2, 0) is 4.79 Å². The summed E-state index contributed by atoms with van der Waals surface area (Å²) in [7, 11) is 0. The number of benzene rings is 2. The number of aliphatic carboxylic acids is 1. The van der Waals surface area contributed by atoms with E-state index in [1.807, 2.05) is 0 Å². The van der Waals surface area contributed by atoms with Crippen LogP contribution in [0.5, 0.6) is 0 Å². The molecule has 5 nitrogen and oxygen atoms in total. The maximum atomic E-state index is 12.1. The fourth-order valence-electron chi connectivity index (χ4n) is 2.05. The molecule has 0 aliphatic heterocycles. The van der Waals surface area contributed by atoms with E-state index >= 15 is 0 Å². The lowest BCUT2D eigenvalue weighted by atomic mass is 9.84. The van der Waals surface area contributed by atoms with Gasteiger partial charge in [-0.3, -0.25) is 14.4 Å². The molecule has 1 aliphatic carbocycles. The van der Waals surface area contributed by atoms with Crippen molar-refractivity contribution < 1.29 is 19.5 Å². The lowest BCUT2D eigenvalue weighted by molar-refractivity contribution is -0.135. The van der Waals surface area contributed by atoms with E-state index in [0.717, 1.165) is 0 Å². The summed E-state index contributed by atoms with van der Waals surface area (Å²) in [6.07, 6.45) is 0. The Morgan fingerprint density at radius 1 is 0.810 bits per heavy atom. The van der Waals surface area contributed by atoms with Crippen molar-refractivity contribution in [3.05, 3.63) is 70.8 Å². The van der Waals surface area contributed by atoms with Gasteiger partial charge in [-0.15, -0.1) is 0 Å². The van der Waals surface area contributed by atoms with E-state index in [-0.39, 0.29) is 18.1 Å². The molecule has 0 heterocycles. The van der Waals surface area contributed by atoms with Crippen LogP contribution in [0.3, 0.4) is 0 Å². The third-order valence-corrected chi connectivity index (χ3v) is 3.01. The zero-order valence-corrected chi connectivity index (χ0v) is 11.1. The van der Waals surface area contributed by atoms with Gasteiger partial charge in [0.15, 0.2) is 11.6 Å². The van der Waals surface area contributed by atoms with Crippen LogP contribution in [0.2, 0.25) is 0 Å². The van der Waals surface area contributed by atoms with Gasteiger partial charge in [-0.2, -0.15) is 0 Å². The summed E-state index contributed by atoms with van der Waals surface area (Å²) < 4.78 is 0. The van der Waals surface area contributed by atoms with Gasteiger partial charge in [0, 0.05) is 22.3 Å². The molecule has 5 heteroatoms. The van der Waals surface area contributed by atoms with E-state index in [9.17, 15) is 14.4 Å². The average Bonchev–Trinajstić information content (AvgIpc) is 2.53. The number of carboxylic acid groups (broad SMARTS) is 1. The molecule has 2 aromatic rings. The van der Waals surface area contributed by atoms with Crippen LogP contribution in [0.1, 0.15) is 31.8 Å². The van der Waals surface area contributed by atoms with E-state index in [0.29, 0.717) is 22.3 Å². The number of hydrogen-bond acceptors (Lipinski definition) is 4. The zero-order valence-electron chi connectivity index (χ0n) is 11.1. The van der Waals surface area contributed by atoms with Crippen molar-refractivity contribution in [2.24, 2.45) is 5.73 Å². The number of ketones is 2. The van der Waals surface area contributed by atoms with Gasteiger partial charge < -0.3 is 10.8 Å². The molecule has 1 aliphatic rings. The molecule has 106 valence electrons. The minimum atomic E-state index is -0.968. The molecular formula is C16H13NO4. The van der Waals surface area contributed by atoms with Crippen molar-refractivity contribution in [3.8, 4) is 0 Å². The molecule has 0 radical (unpaired) electrons. The summed E-state index contributed by atoms with van der Waals surface area (Å²) in [6.45, 7) is -0.278. The van der Waals surface area contributed by atoms with Gasteiger partial charge >= 0.3 is 5.97 Å². The van der Waals surface area contributed by atoms with E-state index in [1.165, 1.54) is 0 Å². The van der Waals surface area contributed by atoms with Crippen molar-refractivity contribution in [1.29, 1.82) is 0 Å². The smallest absolute Gasteiger partial charge is 0.317 e. The second-order valence-electron chi connectivity index (χ2n) is 4.35. The maximum Gasteiger partial charge on any atom is 0.317 e. The Labute approximate surface area is 121 Å². The Morgan fingerprint density at radius 2 is 1.05 bits per heavy atom. The van der Waals surface area contributed by atoms with Gasteiger partial charge in [-0.25, -0.2) is 0 Å². The number of carboxylic acids is 1. The second kappa shape index (κ2) is 6.11. The summed E-state index contributed by atoms with van der Waals surface area (Å²) >= 11 is 0. The largest absolute Gasteiger partial charge is 0.480 e. The van der Waals surface area contributed by atoms with Crippen LogP contribution < -0.4 is 5.73 Å². The van der Waals surface area contributed by atoms with Gasteiger partial charge in [-0.05, 0) is 0 Å². The van der Waals surface area contributed by atoms with E-state index < -0.39 is 5.97 Å². The van der Waals surface area contributed by atoms with Gasteiger partial charge in [0.05, 0.1) is 6.54 Å². The molecule has 0 saturated heterocycles. The monoisotopic (exact) mass is 283 g/mol. The van der Waals surface area contributed by atoms with E-state index in [4.69, 9.17) is 5.11 Å². The minimum Gasteiger partial charge on any atom is -0.480 e. The van der Waals surface area contributed by atoms with Crippen LogP contribution in [0.4, 0.5) is 0 Å². The first kappa shape index (κ1) is 14.6. The fraction of sp³-hybridized carbons (Fsp3) is 0.0625. The molecule has 0 bridgehead atoms. The van der Waals surface area contributed by atoms with Crippen LogP contribution in [0.15, 0.2) is 48.5 Å². The molecule has 21 heavy (non-hydrogen) atoms. The van der Waals surface area contributed by atoms with Crippen LogP contribution in [0, 0.1) is 0 Å². The SMILES string of the molecule is NCC(=O)O.O=C1c2ccccc2C(=O)c2ccccc21. The number of carbonyl (C=O) groups excluding carboxylic acids is 2. The van der Waals surface area contributed by atoms with Crippen molar-refractivity contribution in [2.45, 2.75) is 0 Å². The normalized spacial score (nSPS) is 11.9. The minimum absolute atomic E-state index is 0.0641. The van der Waals surface area contributed by atoms with Gasteiger partial charge in [0.25, 0.3) is 0 Å². The Morgan fingerprint density at radius 3 is 1.24 bits per heavy atom. The van der Waals surface area contributed by atoms with Gasteiger partial charge in [0.2, 0.25) is 0 Å². The summed E-state index contributed by atoms with van der Waals surface area (Å²) in [6, 6.07) is 13.9. The molecule has 0 atom stereocenters. The van der Waals surface area contributed by atoms with Crippen LogP contribution in [-0.4, -0.2) is 29.2 Å². The molecule has 0 fully saturated rings. The molecule has 0 amide bonds. The van der Waals surface area contributed by atoms with E-state index in [2.05, 4.69) is 5.73 Å². The molecule has 0 spiro atoms. The predicted octanol–water partition coefficient (Wildman–Crippen LogP) is 1.49. The summed E-state index contributed by atoms with van der Waals surface area (Å²) in [5.41, 5.74) is 6.59. The highest BCUT2D eigenvalue weighted by molar-refractivity contribution is 6.28. The van der Waals surface area contributed by atoms with Crippen molar-refractivity contribution in [2.75, 3.05) is 6.54 Å². The summed E-state index contributed by atoms with van der Waals surface area (Å²) in [5.74, 6) is -1.10. The van der Waals surface area contributed by atoms with Gasteiger partial charge in [-0.1, -0.05) is 48.5 Å². The average molecular weight is 283 g/mol. The molecule has 0 saturated carbocycles. The molecular weight excluding hydrogens is 270 g/mol.